The first-order chi connectivity index (χ1) is 6.56. The van der Waals surface area contributed by atoms with Gasteiger partial charge < -0.3 is 9.64 Å². The second kappa shape index (κ2) is 4.44. The van der Waals surface area contributed by atoms with Gasteiger partial charge in [-0.2, -0.15) is 0 Å². The van der Waals surface area contributed by atoms with Crippen LogP contribution in [0.3, 0.4) is 0 Å². The topological polar surface area (TPSA) is 46.6 Å². The van der Waals surface area contributed by atoms with Crippen molar-refractivity contribution in [3.8, 4) is 0 Å². The molecule has 1 heterocycles. The summed E-state index contributed by atoms with van der Waals surface area (Å²) in [4.78, 5) is 24.6. The van der Waals surface area contributed by atoms with Crippen LogP contribution in [0.25, 0.3) is 0 Å². The molecule has 0 bridgehead atoms. The maximum absolute atomic E-state index is 11.6. The Kier molecular flexibility index (Phi) is 3.49. The first-order valence-corrected chi connectivity index (χ1v) is 4.97. The predicted octanol–water partition coefficient (Wildman–Crippen LogP) is 0.664. The zero-order valence-electron chi connectivity index (χ0n) is 8.95. The molecule has 0 spiro atoms. The summed E-state index contributed by atoms with van der Waals surface area (Å²) in [7, 11) is 1.73. The highest BCUT2D eigenvalue weighted by molar-refractivity contribution is 5.98. The van der Waals surface area contributed by atoms with Crippen molar-refractivity contribution in [3.63, 3.8) is 0 Å². The van der Waals surface area contributed by atoms with Crippen LogP contribution in [0, 0.1) is 11.8 Å². The van der Waals surface area contributed by atoms with Crippen LogP contribution >= 0.6 is 0 Å². The summed E-state index contributed by atoms with van der Waals surface area (Å²) in [6, 6.07) is 0. The Labute approximate surface area is 84.2 Å². The Morgan fingerprint density at radius 1 is 1.64 bits per heavy atom. The van der Waals surface area contributed by atoms with Crippen LogP contribution in [0.4, 0.5) is 0 Å². The van der Waals surface area contributed by atoms with Gasteiger partial charge in [0, 0.05) is 13.6 Å². The molecule has 1 amide bonds. The maximum Gasteiger partial charge on any atom is 0.318 e. The Bertz CT molecular complexity index is 240. The smallest absolute Gasteiger partial charge is 0.318 e. The minimum atomic E-state index is -0.580. The average molecular weight is 199 g/mol. The molecular formula is C10H17NO3. The van der Waals surface area contributed by atoms with E-state index in [1.807, 2.05) is 6.92 Å². The number of ether oxygens (including phenoxy) is 1. The third-order valence-electron chi connectivity index (χ3n) is 2.47. The number of nitrogens with zero attached hydrogens (tertiary/aromatic N) is 1. The van der Waals surface area contributed by atoms with E-state index in [9.17, 15) is 9.59 Å². The summed E-state index contributed by atoms with van der Waals surface area (Å²) in [6.07, 6.45) is 0.613. The largest absolute Gasteiger partial charge is 0.465 e. The molecular weight excluding hydrogens is 182 g/mol. The van der Waals surface area contributed by atoms with Crippen molar-refractivity contribution in [3.05, 3.63) is 0 Å². The van der Waals surface area contributed by atoms with E-state index in [0.29, 0.717) is 18.9 Å². The lowest BCUT2D eigenvalue weighted by molar-refractivity contribution is -0.158. The molecule has 0 aromatic rings. The minimum absolute atomic E-state index is 0.110. The second-order valence-corrected chi connectivity index (χ2v) is 3.86. The minimum Gasteiger partial charge on any atom is -0.465 e. The highest BCUT2D eigenvalue weighted by Crippen LogP contribution is 2.22. The number of rotatable bonds is 2. The van der Waals surface area contributed by atoms with Gasteiger partial charge in [-0.3, -0.25) is 9.59 Å². The van der Waals surface area contributed by atoms with Crippen LogP contribution in [0.2, 0.25) is 0 Å². The van der Waals surface area contributed by atoms with Crippen molar-refractivity contribution in [1.29, 1.82) is 0 Å². The van der Waals surface area contributed by atoms with E-state index in [0.717, 1.165) is 6.54 Å². The van der Waals surface area contributed by atoms with Gasteiger partial charge in [-0.05, 0) is 19.3 Å². The Morgan fingerprint density at radius 3 is 2.86 bits per heavy atom. The van der Waals surface area contributed by atoms with Crippen molar-refractivity contribution in [2.24, 2.45) is 11.8 Å². The van der Waals surface area contributed by atoms with Crippen molar-refractivity contribution in [1.82, 2.24) is 4.90 Å². The monoisotopic (exact) mass is 199 g/mol. The summed E-state index contributed by atoms with van der Waals surface area (Å²) >= 11 is 0. The van der Waals surface area contributed by atoms with E-state index < -0.39 is 5.92 Å². The van der Waals surface area contributed by atoms with Crippen LogP contribution < -0.4 is 0 Å². The molecule has 0 aromatic heterocycles. The van der Waals surface area contributed by atoms with Crippen molar-refractivity contribution >= 4 is 11.9 Å². The van der Waals surface area contributed by atoms with E-state index in [4.69, 9.17) is 4.74 Å². The fraction of sp³-hybridized carbons (Fsp3) is 0.800. The number of hydrogen-bond acceptors (Lipinski definition) is 3. The lowest BCUT2D eigenvalue weighted by Gasteiger charge is -2.32. The van der Waals surface area contributed by atoms with Crippen molar-refractivity contribution in [2.75, 3.05) is 20.2 Å². The van der Waals surface area contributed by atoms with Gasteiger partial charge in [-0.1, -0.05) is 6.92 Å². The molecule has 0 N–H and O–H groups in total. The molecule has 1 saturated heterocycles. The van der Waals surface area contributed by atoms with Gasteiger partial charge in [0.15, 0.2) is 0 Å². The predicted molar refractivity (Wildman–Crippen MR) is 51.5 cm³/mol. The Hall–Kier alpha value is -1.06. The summed E-state index contributed by atoms with van der Waals surface area (Å²) in [6.45, 7) is 4.85. The molecule has 14 heavy (non-hydrogen) atoms. The molecule has 2 atom stereocenters. The lowest BCUT2D eigenvalue weighted by Crippen LogP contribution is -2.45. The standard InChI is InChI=1S/C10H17NO3/c1-4-14-10(13)8-5-7(2)6-11(3)9(8)12/h7-8H,4-6H2,1-3H3. The zero-order valence-corrected chi connectivity index (χ0v) is 8.95. The molecule has 1 aliphatic rings. The van der Waals surface area contributed by atoms with Crippen molar-refractivity contribution in [2.45, 2.75) is 20.3 Å². The van der Waals surface area contributed by atoms with E-state index in [2.05, 4.69) is 0 Å². The molecule has 80 valence electrons. The molecule has 1 aliphatic heterocycles. The van der Waals surface area contributed by atoms with Gasteiger partial charge in [0.25, 0.3) is 0 Å². The molecule has 0 saturated carbocycles. The Balaban J connectivity index is 2.66. The van der Waals surface area contributed by atoms with Crippen LogP contribution in [-0.4, -0.2) is 37.0 Å². The number of amides is 1. The van der Waals surface area contributed by atoms with Gasteiger partial charge in [0.1, 0.15) is 5.92 Å². The number of hydrogen-bond donors (Lipinski definition) is 0. The van der Waals surface area contributed by atoms with Crippen molar-refractivity contribution < 1.29 is 14.3 Å². The fourth-order valence-electron chi connectivity index (χ4n) is 1.84. The van der Waals surface area contributed by atoms with Crippen LogP contribution in [-0.2, 0) is 14.3 Å². The number of carbonyl (C=O) groups is 2. The summed E-state index contributed by atoms with van der Waals surface area (Å²) in [5.41, 5.74) is 0. The third kappa shape index (κ3) is 2.25. The first-order valence-electron chi connectivity index (χ1n) is 4.97. The summed E-state index contributed by atoms with van der Waals surface area (Å²) in [5.74, 6) is -0.701. The highest BCUT2D eigenvalue weighted by atomic mass is 16.5. The molecule has 0 radical (unpaired) electrons. The molecule has 2 unspecified atom stereocenters. The van der Waals surface area contributed by atoms with E-state index in [1.54, 1.807) is 18.9 Å². The van der Waals surface area contributed by atoms with E-state index >= 15 is 0 Å². The van der Waals surface area contributed by atoms with Gasteiger partial charge in [-0.25, -0.2) is 0 Å². The molecule has 0 aromatic carbocycles. The van der Waals surface area contributed by atoms with Crippen LogP contribution in [0.15, 0.2) is 0 Å². The highest BCUT2D eigenvalue weighted by Gasteiger charge is 2.36. The van der Waals surface area contributed by atoms with Gasteiger partial charge in [0.05, 0.1) is 6.61 Å². The molecule has 1 rings (SSSR count). The second-order valence-electron chi connectivity index (χ2n) is 3.86. The summed E-state index contributed by atoms with van der Waals surface area (Å²) < 4.78 is 4.86. The van der Waals surface area contributed by atoms with Gasteiger partial charge in [0.2, 0.25) is 5.91 Å². The van der Waals surface area contributed by atoms with E-state index in [-0.39, 0.29) is 11.9 Å². The number of carbonyl (C=O) groups excluding carboxylic acids is 2. The first kappa shape index (κ1) is 11.0. The third-order valence-corrected chi connectivity index (χ3v) is 2.47. The van der Waals surface area contributed by atoms with Gasteiger partial charge in [-0.15, -0.1) is 0 Å². The quantitative estimate of drug-likeness (QED) is 0.485. The number of piperidine rings is 1. The normalized spacial score (nSPS) is 27.6. The fourth-order valence-corrected chi connectivity index (χ4v) is 1.84. The van der Waals surface area contributed by atoms with Gasteiger partial charge >= 0.3 is 5.97 Å². The van der Waals surface area contributed by atoms with Crippen LogP contribution in [0.5, 0.6) is 0 Å². The Morgan fingerprint density at radius 2 is 2.29 bits per heavy atom. The maximum atomic E-state index is 11.6. The molecule has 0 aliphatic carbocycles. The zero-order chi connectivity index (χ0) is 10.7. The van der Waals surface area contributed by atoms with Crippen LogP contribution in [0.1, 0.15) is 20.3 Å². The molecule has 4 nitrogen and oxygen atoms in total. The molecule has 4 heteroatoms. The lowest BCUT2D eigenvalue weighted by atomic mass is 9.90. The number of esters is 1. The summed E-state index contributed by atoms with van der Waals surface area (Å²) in [5, 5.41) is 0. The average Bonchev–Trinajstić information content (AvgIpc) is 2.11. The van der Waals surface area contributed by atoms with E-state index in [1.165, 1.54) is 0 Å². The molecule has 1 fully saturated rings. The SMILES string of the molecule is CCOC(=O)C1CC(C)CN(C)C1=O. The number of likely N-dealkylation sites (tertiary alicyclic amines) is 1.